The molecule has 7 rings (SSSR count). The van der Waals surface area contributed by atoms with Crippen LogP contribution in [0.1, 0.15) is 36.8 Å². The average Bonchev–Trinajstić information content (AvgIpc) is 3.78. The number of amides is 2. The highest BCUT2D eigenvalue weighted by molar-refractivity contribution is 6.39. The number of hydrogen-bond donors (Lipinski definition) is 4. The molecule has 2 amide bonds. The van der Waals surface area contributed by atoms with Gasteiger partial charge in [-0.3, -0.25) is 14.6 Å². The number of aromatic nitrogens is 2. The first-order valence-corrected chi connectivity index (χ1v) is 18.6. The summed E-state index contributed by atoms with van der Waals surface area (Å²) >= 11 is 21.1. The van der Waals surface area contributed by atoms with Crippen molar-refractivity contribution in [2.24, 2.45) is 0 Å². The summed E-state index contributed by atoms with van der Waals surface area (Å²) < 4.78 is 11.6. The number of rotatable bonds is 13. The van der Waals surface area contributed by atoms with E-state index in [1.165, 1.54) is 0 Å². The molecular weight excluding hydrogens is 735 g/mol. The molecule has 0 bridgehead atoms. The van der Waals surface area contributed by atoms with E-state index in [9.17, 15) is 9.59 Å². The third-order valence-corrected chi connectivity index (χ3v) is 10.8. The Kier molecular flexibility index (Phi) is 11.3. The highest BCUT2D eigenvalue weighted by atomic mass is 35.5. The summed E-state index contributed by atoms with van der Waals surface area (Å²) in [6.07, 6.45) is 4.50. The normalized spacial score (nSPS) is 16.9. The van der Waals surface area contributed by atoms with Crippen LogP contribution in [0.5, 0.6) is 11.5 Å². The highest BCUT2D eigenvalue weighted by Crippen LogP contribution is 2.43. The van der Waals surface area contributed by atoms with Crippen LogP contribution in [0.25, 0.3) is 44.5 Å². The van der Waals surface area contributed by atoms with Gasteiger partial charge < -0.3 is 30.7 Å². The van der Waals surface area contributed by atoms with Gasteiger partial charge in [0.25, 0.3) is 0 Å². The number of ether oxygens (including phenoxy) is 2. The van der Waals surface area contributed by atoms with Crippen molar-refractivity contribution in [2.45, 2.75) is 50.9 Å². The molecule has 10 nitrogen and oxygen atoms in total. The van der Waals surface area contributed by atoms with Gasteiger partial charge >= 0.3 is 0 Å². The Labute approximate surface area is 322 Å². The maximum Gasteiger partial charge on any atom is 0.220 e. The Balaban J connectivity index is 1.13. The predicted molar refractivity (Wildman–Crippen MR) is 210 cm³/mol. The Morgan fingerprint density at radius 1 is 0.774 bits per heavy atom. The van der Waals surface area contributed by atoms with Crippen molar-refractivity contribution >= 4 is 57.5 Å². The second-order valence-corrected chi connectivity index (χ2v) is 14.4. The van der Waals surface area contributed by atoms with E-state index in [2.05, 4.69) is 26.3 Å². The van der Waals surface area contributed by atoms with Gasteiger partial charge in [-0.1, -0.05) is 65.1 Å². The summed E-state index contributed by atoms with van der Waals surface area (Å²) in [5.41, 5.74) is 6.68. The fraction of sp³-hybridized carbons (Fsp3) is 0.300. The van der Waals surface area contributed by atoms with Crippen LogP contribution in [0.3, 0.4) is 0 Å². The molecule has 4 heterocycles. The zero-order chi connectivity index (χ0) is 37.1. The molecule has 2 aliphatic heterocycles. The first-order valence-electron chi connectivity index (χ1n) is 17.5. The van der Waals surface area contributed by atoms with Gasteiger partial charge in [-0.2, -0.15) is 0 Å². The lowest BCUT2D eigenvalue weighted by Gasteiger charge is -2.17. The lowest BCUT2D eigenvalue weighted by atomic mass is 9.99. The molecular formula is C40H39Cl3N6O4. The molecule has 5 aromatic rings. The molecule has 2 saturated heterocycles. The van der Waals surface area contributed by atoms with E-state index < -0.39 is 0 Å². The van der Waals surface area contributed by atoms with E-state index in [1.54, 1.807) is 20.4 Å². The number of carbonyl (C=O) groups is 2. The van der Waals surface area contributed by atoms with Gasteiger partial charge in [-0.15, -0.1) is 0 Å². The largest absolute Gasteiger partial charge is 0.496 e. The van der Waals surface area contributed by atoms with Crippen LogP contribution in [0, 0.1) is 0 Å². The molecule has 13 heteroatoms. The third-order valence-electron chi connectivity index (χ3n) is 9.76. The van der Waals surface area contributed by atoms with Crippen molar-refractivity contribution in [2.75, 3.05) is 27.3 Å². The van der Waals surface area contributed by atoms with Gasteiger partial charge in [0.15, 0.2) is 0 Å². The molecule has 4 N–H and O–H groups in total. The molecule has 3 aromatic carbocycles. The van der Waals surface area contributed by atoms with E-state index in [-0.39, 0.29) is 23.9 Å². The van der Waals surface area contributed by atoms with Crippen molar-refractivity contribution in [3.63, 3.8) is 0 Å². The smallest absolute Gasteiger partial charge is 0.220 e. The summed E-state index contributed by atoms with van der Waals surface area (Å²) in [6.45, 7) is 2.44. The van der Waals surface area contributed by atoms with E-state index in [0.29, 0.717) is 82.5 Å². The average molecular weight is 774 g/mol. The van der Waals surface area contributed by atoms with Crippen LogP contribution in [0.4, 0.5) is 0 Å². The molecule has 2 aliphatic rings. The van der Waals surface area contributed by atoms with Gasteiger partial charge in [-0.25, -0.2) is 4.98 Å². The minimum atomic E-state index is 0.0882. The summed E-state index contributed by atoms with van der Waals surface area (Å²) in [7, 11) is 3.27. The number of methoxy groups -OCH3 is 2. The lowest BCUT2D eigenvalue weighted by molar-refractivity contribution is -0.120. The third kappa shape index (κ3) is 7.93. The molecule has 274 valence electrons. The predicted octanol–water partition coefficient (Wildman–Crippen LogP) is 7.34. The summed E-state index contributed by atoms with van der Waals surface area (Å²) in [5.74, 6) is 1.57. The molecule has 53 heavy (non-hydrogen) atoms. The molecule has 0 radical (unpaired) electrons. The Morgan fingerprint density at radius 2 is 1.45 bits per heavy atom. The SMILES string of the molecule is COc1cc(-c2nccc(-c3cccc(-c4ccc5c(OC)c(CNC[C@@H]6CCC(=O)N6)cc(Cl)c5n4)c3Cl)c2Cl)ccc1CNC[C@@H]1CCC(=O)N1. The van der Waals surface area contributed by atoms with Crippen LogP contribution in [-0.4, -0.2) is 61.2 Å². The molecule has 2 atom stereocenters. The first kappa shape index (κ1) is 36.9. The van der Waals surface area contributed by atoms with Crippen LogP contribution in [0.15, 0.2) is 66.9 Å². The van der Waals surface area contributed by atoms with E-state index in [1.807, 2.05) is 60.7 Å². The van der Waals surface area contributed by atoms with E-state index in [4.69, 9.17) is 49.3 Å². The highest BCUT2D eigenvalue weighted by Gasteiger charge is 2.23. The molecule has 2 aromatic heterocycles. The lowest BCUT2D eigenvalue weighted by Crippen LogP contribution is -2.35. The number of fused-ring (bicyclic) bond motifs is 1. The van der Waals surface area contributed by atoms with Crippen LogP contribution < -0.4 is 30.7 Å². The van der Waals surface area contributed by atoms with Crippen molar-refractivity contribution in [3.05, 3.63) is 93.1 Å². The number of carbonyl (C=O) groups excluding carboxylic acids is 2. The minimum absolute atomic E-state index is 0.0882. The zero-order valence-electron chi connectivity index (χ0n) is 29.3. The molecule has 0 unspecified atom stereocenters. The summed E-state index contributed by atoms with van der Waals surface area (Å²) in [5, 5.41) is 15.0. The Bertz CT molecular complexity index is 2200. The molecule has 2 fully saturated rings. The van der Waals surface area contributed by atoms with Crippen LogP contribution >= 0.6 is 34.8 Å². The van der Waals surface area contributed by atoms with Crippen molar-refractivity contribution < 1.29 is 19.1 Å². The zero-order valence-corrected chi connectivity index (χ0v) is 31.6. The quantitative estimate of drug-likeness (QED) is 0.0980. The number of benzene rings is 3. The molecule has 0 aliphatic carbocycles. The van der Waals surface area contributed by atoms with Crippen molar-refractivity contribution in [1.82, 2.24) is 31.2 Å². The standard InChI is InChI=1S/C40H39Cl3N6O4/c1-52-33-17-22(6-7-23(33)18-44-20-25-8-12-34(50)47-25)38-37(43)28(14-15-46-38)27-4-3-5-29(36(27)42)32-11-10-30-39(49-32)31(41)16-24(40(30)53-2)19-45-21-26-9-13-35(51)48-26/h3-7,10-11,14-17,25-26,44-45H,8-9,12-13,18-21H2,1-2H3,(H,47,50)(H,48,51)/t25-,26-/m0/s1. The number of halogens is 3. The van der Waals surface area contributed by atoms with E-state index >= 15 is 0 Å². The number of pyridine rings is 2. The summed E-state index contributed by atoms with van der Waals surface area (Å²) in [4.78, 5) is 32.7. The second kappa shape index (κ2) is 16.3. The monoisotopic (exact) mass is 772 g/mol. The molecule has 0 spiro atoms. The van der Waals surface area contributed by atoms with Gasteiger partial charge in [0.1, 0.15) is 11.5 Å². The Hall–Kier alpha value is -4.45. The fourth-order valence-corrected chi connectivity index (χ4v) is 7.98. The number of nitrogens with one attached hydrogen (secondary N) is 4. The number of hydrogen-bond acceptors (Lipinski definition) is 8. The van der Waals surface area contributed by atoms with E-state index in [0.717, 1.165) is 51.6 Å². The maximum absolute atomic E-state index is 11.6. The van der Waals surface area contributed by atoms with Gasteiger partial charge in [0.2, 0.25) is 11.8 Å². The van der Waals surface area contributed by atoms with Gasteiger partial charge in [0, 0.05) is 96.1 Å². The fourth-order valence-electron chi connectivity index (χ4n) is 7.06. The van der Waals surface area contributed by atoms with Crippen LogP contribution in [-0.2, 0) is 22.7 Å². The van der Waals surface area contributed by atoms with Crippen molar-refractivity contribution in [1.29, 1.82) is 0 Å². The van der Waals surface area contributed by atoms with Gasteiger partial charge in [0.05, 0.1) is 46.2 Å². The van der Waals surface area contributed by atoms with Crippen LogP contribution in [0.2, 0.25) is 15.1 Å². The topological polar surface area (TPSA) is 126 Å². The maximum atomic E-state index is 11.6. The summed E-state index contributed by atoms with van der Waals surface area (Å²) in [6, 6.07) is 19.5. The second-order valence-electron chi connectivity index (χ2n) is 13.2. The van der Waals surface area contributed by atoms with Gasteiger partial charge in [-0.05, 0) is 43.2 Å². The van der Waals surface area contributed by atoms with Crippen molar-refractivity contribution in [3.8, 4) is 45.1 Å². The first-order chi connectivity index (χ1) is 25.7. The molecule has 0 saturated carbocycles. The minimum Gasteiger partial charge on any atom is -0.496 e. The Morgan fingerprint density at radius 3 is 2.11 bits per heavy atom. The number of nitrogens with zero attached hydrogens (tertiary/aromatic N) is 2.